The molecule has 0 fully saturated rings. The summed E-state index contributed by atoms with van der Waals surface area (Å²) >= 11 is 0. The van der Waals surface area contributed by atoms with Gasteiger partial charge >= 0.3 is 0 Å². The normalized spacial score (nSPS) is 11.1. The number of carbonyl (C=O) groups is 1. The van der Waals surface area contributed by atoms with Crippen molar-refractivity contribution in [3.63, 3.8) is 0 Å². The molecule has 2 N–H and O–H groups in total. The number of nitrogens with zero attached hydrogens (tertiary/aromatic N) is 3. The number of aromatic amines is 1. The Morgan fingerprint density at radius 1 is 1.08 bits per heavy atom. The van der Waals surface area contributed by atoms with Crippen molar-refractivity contribution in [1.29, 1.82) is 0 Å². The largest absolute Gasteiger partial charge is 0.351 e. The van der Waals surface area contributed by atoms with Crippen LogP contribution in [0.3, 0.4) is 0 Å². The lowest BCUT2D eigenvalue weighted by Gasteiger charge is -2.07. The first-order valence-electron chi connectivity index (χ1n) is 8.39. The topological polar surface area (TPSA) is 92.7 Å². The molecule has 0 spiro atoms. The maximum atomic E-state index is 12.4. The molecule has 0 bridgehead atoms. The number of H-pyrrole nitrogens is 1. The van der Waals surface area contributed by atoms with Crippen LogP contribution < -0.4 is 10.9 Å². The number of hydrogen-bond donors (Lipinski definition) is 2. The number of fused-ring (bicyclic) bond motifs is 2. The summed E-state index contributed by atoms with van der Waals surface area (Å²) < 4.78 is 2.06. The highest BCUT2D eigenvalue weighted by atomic mass is 16.2. The second kappa shape index (κ2) is 6.79. The molecule has 2 aromatic carbocycles. The average Bonchev–Trinajstić information content (AvgIpc) is 3.09. The molecule has 2 heterocycles. The summed E-state index contributed by atoms with van der Waals surface area (Å²) in [4.78, 5) is 28.6. The summed E-state index contributed by atoms with van der Waals surface area (Å²) in [5.74, 6) is -0.298. The smallest absolute Gasteiger partial charge is 0.272 e. The van der Waals surface area contributed by atoms with E-state index in [4.69, 9.17) is 0 Å². The van der Waals surface area contributed by atoms with Crippen LogP contribution in [0.2, 0.25) is 0 Å². The molecule has 0 aliphatic rings. The Kier molecular flexibility index (Phi) is 4.18. The SMILES string of the molecule is O=C(NCCCn1cnc2ccccc21)c1n[nH]c(=O)c2ccccc12. The van der Waals surface area contributed by atoms with Gasteiger partial charge in [-0.25, -0.2) is 10.1 Å². The molecule has 0 atom stereocenters. The number of carbonyl (C=O) groups excluding carboxylic acids is 1. The maximum absolute atomic E-state index is 12.4. The number of rotatable bonds is 5. The van der Waals surface area contributed by atoms with Gasteiger partial charge in [-0.05, 0) is 24.6 Å². The fraction of sp³-hybridized carbons (Fsp3) is 0.158. The third kappa shape index (κ3) is 2.95. The molecule has 0 aliphatic carbocycles. The predicted octanol–water partition coefficient (Wildman–Crippen LogP) is 2.09. The second-order valence-electron chi connectivity index (χ2n) is 5.98. The van der Waals surface area contributed by atoms with E-state index in [1.165, 1.54) is 0 Å². The third-order valence-corrected chi connectivity index (χ3v) is 4.30. The summed E-state index contributed by atoms with van der Waals surface area (Å²) in [6, 6.07) is 14.9. The average molecular weight is 347 g/mol. The molecule has 0 aliphatic heterocycles. The fourth-order valence-corrected chi connectivity index (χ4v) is 3.01. The Hall–Kier alpha value is -3.48. The first-order chi connectivity index (χ1) is 12.7. The second-order valence-corrected chi connectivity index (χ2v) is 5.98. The summed E-state index contributed by atoms with van der Waals surface area (Å²) in [7, 11) is 0. The van der Waals surface area contributed by atoms with Gasteiger partial charge < -0.3 is 9.88 Å². The van der Waals surface area contributed by atoms with Crippen molar-refractivity contribution in [2.24, 2.45) is 0 Å². The van der Waals surface area contributed by atoms with Crippen molar-refractivity contribution in [1.82, 2.24) is 25.1 Å². The van der Waals surface area contributed by atoms with Gasteiger partial charge in [0.05, 0.1) is 22.7 Å². The van der Waals surface area contributed by atoms with Crippen molar-refractivity contribution in [2.45, 2.75) is 13.0 Å². The van der Waals surface area contributed by atoms with Gasteiger partial charge in [0, 0.05) is 18.5 Å². The van der Waals surface area contributed by atoms with Crippen LogP contribution in [0.4, 0.5) is 0 Å². The number of imidazole rings is 1. The number of nitrogens with one attached hydrogen (secondary N) is 2. The standard InChI is InChI=1S/C19H17N5O2/c25-18-14-7-2-1-6-13(14)17(22-23-18)19(26)20-10-5-11-24-12-21-15-8-3-4-9-16(15)24/h1-4,6-9,12H,5,10-11H2,(H,20,26)(H,23,25). The van der Waals surface area contributed by atoms with Crippen molar-refractivity contribution < 1.29 is 4.79 Å². The van der Waals surface area contributed by atoms with Crippen LogP contribution in [-0.2, 0) is 6.54 Å². The van der Waals surface area contributed by atoms with Crippen LogP contribution in [0, 0.1) is 0 Å². The van der Waals surface area contributed by atoms with Crippen LogP contribution in [-0.4, -0.2) is 32.2 Å². The quantitative estimate of drug-likeness (QED) is 0.541. The zero-order valence-corrected chi connectivity index (χ0v) is 14.0. The molecular weight excluding hydrogens is 330 g/mol. The molecule has 4 aromatic rings. The molecule has 0 unspecified atom stereocenters. The predicted molar refractivity (Wildman–Crippen MR) is 99.0 cm³/mol. The number of para-hydroxylation sites is 2. The molecule has 26 heavy (non-hydrogen) atoms. The van der Waals surface area contributed by atoms with Gasteiger partial charge in [-0.1, -0.05) is 30.3 Å². The number of hydrogen-bond acceptors (Lipinski definition) is 4. The van der Waals surface area contributed by atoms with Gasteiger partial charge in [0.1, 0.15) is 0 Å². The minimum Gasteiger partial charge on any atom is -0.351 e. The molecule has 7 nitrogen and oxygen atoms in total. The van der Waals surface area contributed by atoms with E-state index >= 15 is 0 Å². The summed E-state index contributed by atoms with van der Waals surface area (Å²) in [5, 5.41) is 10.2. The zero-order valence-electron chi connectivity index (χ0n) is 14.0. The lowest BCUT2D eigenvalue weighted by molar-refractivity contribution is 0.0948. The van der Waals surface area contributed by atoms with E-state index < -0.39 is 0 Å². The maximum Gasteiger partial charge on any atom is 0.272 e. The van der Waals surface area contributed by atoms with E-state index in [1.54, 1.807) is 24.3 Å². The van der Waals surface area contributed by atoms with Gasteiger partial charge in [0.15, 0.2) is 5.69 Å². The minimum absolute atomic E-state index is 0.230. The Balaban J connectivity index is 1.42. The van der Waals surface area contributed by atoms with Crippen molar-refractivity contribution >= 4 is 27.7 Å². The first-order valence-corrected chi connectivity index (χ1v) is 8.39. The van der Waals surface area contributed by atoms with E-state index in [9.17, 15) is 9.59 Å². The van der Waals surface area contributed by atoms with Crippen LogP contribution >= 0.6 is 0 Å². The third-order valence-electron chi connectivity index (χ3n) is 4.30. The molecular formula is C19H17N5O2. The van der Waals surface area contributed by atoms with E-state index in [2.05, 4.69) is 25.1 Å². The van der Waals surface area contributed by atoms with E-state index in [-0.39, 0.29) is 17.2 Å². The van der Waals surface area contributed by atoms with Crippen LogP contribution in [0.5, 0.6) is 0 Å². The zero-order chi connectivity index (χ0) is 17.9. The molecule has 7 heteroatoms. The lowest BCUT2D eigenvalue weighted by Crippen LogP contribution is -2.28. The molecule has 1 amide bonds. The Morgan fingerprint density at radius 2 is 1.85 bits per heavy atom. The molecule has 0 saturated heterocycles. The van der Waals surface area contributed by atoms with Crippen molar-refractivity contribution in [2.75, 3.05) is 6.54 Å². The van der Waals surface area contributed by atoms with E-state index in [0.717, 1.165) is 24.0 Å². The Labute approximate surface area is 148 Å². The summed E-state index contributed by atoms with van der Waals surface area (Å²) in [6.45, 7) is 1.25. The van der Waals surface area contributed by atoms with Gasteiger partial charge in [0.2, 0.25) is 0 Å². The highest BCUT2D eigenvalue weighted by Crippen LogP contribution is 2.13. The Morgan fingerprint density at radius 3 is 2.73 bits per heavy atom. The highest BCUT2D eigenvalue weighted by molar-refractivity contribution is 6.04. The number of amides is 1. The lowest BCUT2D eigenvalue weighted by atomic mass is 10.1. The van der Waals surface area contributed by atoms with Gasteiger partial charge in [-0.2, -0.15) is 5.10 Å². The highest BCUT2D eigenvalue weighted by Gasteiger charge is 2.13. The van der Waals surface area contributed by atoms with Gasteiger partial charge in [-0.3, -0.25) is 9.59 Å². The fourth-order valence-electron chi connectivity index (χ4n) is 3.01. The van der Waals surface area contributed by atoms with Gasteiger partial charge in [-0.15, -0.1) is 0 Å². The molecule has 0 saturated carbocycles. The van der Waals surface area contributed by atoms with E-state index in [0.29, 0.717) is 17.3 Å². The molecule has 4 rings (SSSR count). The minimum atomic E-state index is -0.302. The van der Waals surface area contributed by atoms with Crippen LogP contribution in [0.1, 0.15) is 16.9 Å². The monoisotopic (exact) mass is 347 g/mol. The van der Waals surface area contributed by atoms with Gasteiger partial charge in [0.25, 0.3) is 11.5 Å². The number of aryl methyl sites for hydroxylation is 1. The van der Waals surface area contributed by atoms with Crippen LogP contribution in [0.25, 0.3) is 21.8 Å². The summed E-state index contributed by atoms with van der Waals surface area (Å²) in [5.41, 5.74) is 1.96. The van der Waals surface area contributed by atoms with Crippen LogP contribution in [0.15, 0.2) is 59.7 Å². The Bertz CT molecular complexity index is 1150. The van der Waals surface area contributed by atoms with Crippen molar-refractivity contribution in [3.8, 4) is 0 Å². The molecule has 2 aromatic heterocycles. The molecule has 0 radical (unpaired) electrons. The summed E-state index contributed by atoms with van der Waals surface area (Å²) in [6.07, 6.45) is 2.57. The van der Waals surface area contributed by atoms with Crippen molar-refractivity contribution in [3.05, 3.63) is 70.9 Å². The first kappa shape index (κ1) is 16.0. The van der Waals surface area contributed by atoms with E-state index in [1.807, 2.05) is 30.6 Å². The molecule has 130 valence electrons. The number of benzene rings is 2. The number of aromatic nitrogens is 4.